The molecule has 0 saturated heterocycles. The number of aryl methyl sites for hydroxylation is 1. The number of hydrogen-bond donors (Lipinski definition) is 2. The third-order valence-corrected chi connectivity index (χ3v) is 3.77. The third kappa shape index (κ3) is 2.30. The molecule has 96 valence electrons. The van der Waals surface area contributed by atoms with Crippen molar-refractivity contribution in [1.29, 1.82) is 0 Å². The Hall–Kier alpha value is -2.02. The van der Waals surface area contributed by atoms with E-state index in [4.69, 9.17) is 0 Å². The van der Waals surface area contributed by atoms with Gasteiger partial charge in [-0.3, -0.25) is 4.72 Å². The molecule has 0 saturated carbocycles. The van der Waals surface area contributed by atoms with Crippen LogP contribution in [0.1, 0.15) is 5.56 Å². The van der Waals surface area contributed by atoms with E-state index in [1.54, 1.807) is 12.1 Å². The highest BCUT2D eigenvalue weighted by Gasteiger charge is 2.29. The topological polar surface area (TPSA) is 92.7 Å². The first-order valence-electron chi connectivity index (χ1n) is 5.09. The number of carbonyl (C=O) groups excluding carboxylic acids is 1. The number of cyclic esters (lactones) is 1. The van der Waals surface area contributed by atoms with Gasteiger partial charge < -0.3 is 9.84 Å². The highest BCUT2D eigenvalue weighted by Crippen LogP contribution is 2.16. The van der Waals surface area contributed by atoms with Gasteiger partial charge in [0.15, 0.2) is 18.1 Å². The Kier molecular flexibility index (Phi) is 3.00. The SMILES string of the molecule is Cc1ccc(S(=O)(=O)NC2=C(O)COC2=O)cc1. The van der Waals surface area contributed by atoms with E-state index in [-0.39, 0.29) is 11.5 Å². The van der Waals surface area contributed by atoms with E-state index in [0.717, 1.165) is 5.56 Å². The predicted molar refractivity (Wildman–Crippen MR) is 62.1 cm³/mol. The van der Waals surface area contributed by atoms with E-state index in [1.807, 2.05) is 11.6 Å². The van der Waals surface area contributed by atoms with Gasteiger partial charge in [0.1, 0.15) is 0 Å². The van der Waals surface area contributed by atoms with Crippen molar-refractivity contribution in [2.24, 2.45) is 0 Å². The van der Waals surface area contributed by atoms with E-state index in [0.29, 0.717) is 0 Å². The number of hydrogen-bond acceptors (Lipinski definition) is 5. The molecule has 18 heavy (non-hydrogen) atoms. The Bertz CT molecular complexity index is 615. The van der Waals surface area contributed by atoms with Crippen LogP contribution in [0.15, 0.2) is 40.6 Å². The summed E-state index contributed by atoms with van der Waals surface area (Å²) < 4.78 is 30.4. The Morgan fingerprint density at radius 3 is 2.39 bits per heavy atom. The first kappa shape index (κ1) is 12.4. The van der Waals surface area contributed by atoms with Crippen LogP contribution in [0.4, 0.5) is 0 Å². The summed E-state index contributed by atoms with van der Waals surface area (Å²) in [6.45, 7) is 1.51. The van der Waals surface area contributed by atoms with Crippen LogP contribution >= 0.6 is 0 Å². The highest BCUT2D eigenvalue weighted by molar-refractivity contribution is 7.89. The molecule has 1 aliphatic rings. The molecular weight excluding hydrogens is 258 g/mol. The van der Waals surface area contributed by atoms with Crippen LogP contribution in [0.5, 0.6) is 0 Å². The zero-order chi connectivity index (χ0) is 13.3. The summed E-state index contributed by atoms with van der Waals surface area (Å²) in [5, 5.41) is 9.32. The van der Waals surface area contributed by atoms with Crippen molar-refractivity contribution < 1.29 is 23.1 Å². The van der Waals surface area contributed by atoms with Crippen LogP contribution < -0.4 is 4.72 Å². The molecule has 6 nitrogen and oxygen atoms in total. The van der Waals surface area contributed by atoms with Gasteiger partial charge in [0.25, 0.3) is 10.0 Å². The lowest BCUT2D eigenvalue weighted by Gasteiger charge is -2.07. The fourth-order valence-corrected chi connectivity index (χ4v) is 2.49. The standard InChI is InChI=1S/C11H11NO5S/c1-7-2-4-8(5-3-7)18(15,16)12-10-9(13)6-17-11(10)14/h2-5,12-13H,6H2,1H3. The zero-order valence-electron chi connectivity index (χ0n) is 9.50. The molecule has 2 rings (SSSR count). The minimum atomic E-state index is -3.90. The van der Waals surface area contributed by atoms with Crippen LogP contribution in [0.2, 0.25) is 0 Å². The molecule has 1 aromatic rings. The average molecular weight is 269 g/mol. The van der Waals surface area contributed by atoms with E-state index in [9.17, 15) is 18.3 Å². The van der Waals surface area contributed by atoms with Crippen LogP contribution in [0.25, 0.3) is 0 Å². The number of carbonyl (C=O) groups is 1. The van der Waals surface area contributed by atoms with Crippen molar-refractivity contribution in [3.05, 3.63) is 41.3 Å². The molecule has 1 aromatic carbocycles. The highest BCUT2D eigenvalue weighted by atomic mass is 32.2. The molecule has 7 heteroatoms. The van der Waals surface area contributed by atoms with Gasteiger partial charge in [0, 0.05) is 0 Å². The minimum absolute atomic E-state index is 0.00750. The maximum atomic E-state index is 11.9. The first-order chi connectivity index (χ1) is 8.40. The normalized spacial score (nSPS) is 15.7. The second-order valence-corrected chi connectivity index (χ2v) is 5.50. The molecular formula is C11H11NO5S. The van der Waals surface area contributed by atoms with Crippen LogP contribution in [-0.2, 0) is 19.6 Å². The summed E-state index contributed by atoms with van der Waals surface area (Å²) in [6.07, 6.45) is 0. The van der Waals surface area contributed by atoms with Crippen LogP contribution in [0.3, 0.4) is 0 Å². The number of benzene rings is 1. The largest absolute Gasteiger partial charge is 0.506 e. The second-order valence-electron chi connectivity index (χ2n) is 3.82. The Morgan fingerprint density at radius 2 is 1.89 bits per heavy atom. The Labute approximate surface area is 104 Å². The Balaban J connectivity index is 2.31. The van der Waals surface area contributed by atoms with E-state index in [1.165, 1.54) is 12.1 Å². The van der Waals surface area contributed by atoms with Crippen molar-refractivity contribution in [2.45, 2.75) is 11.8 Å². The van der Waals surface area contributed by atoms with Gasteiger partial charge in [0.05, 0.1) is 4.90 Å². The second kappa shape index (κ2) is 4.34. The summed E-state index contributed by atoms with van der Waals surface area (Å²) in [4.78, 5) is 11.2. The van der Waals surface area contributed by atoms with Crippen LogP contribution in [0, 0.1) is 6.92 Å². The van der Waals surface area contributed by atoms with Crippen molar-refractivity contribution in [3.63, 3.8) is 0 Å². The van der Waals surface area contributed by atoms with Gasteiger partial charge in [-0.05, 0) is 19.1 Å². The number of ether oxygens (including phenoxy) is 1. The fourth-order valence-electron chi connectivity index (χ4n) is 1.41. The van der Waals surface area contributed by atoms with Gasteiger partial charge in [-0.2, -0.15) is 0 Å². The fraction of sp³-hybridized carbons (Fsp3) is 0.182. The summed E-state index contributed by atoms with van der Waals surface area (Å²) in [7, 11) is -3.90. The number of aliphatic hydroxyl groups is 1. The van der Waals surface area contributed by atoms with Crippen LogP contribution in [-0.4, -0.2) is 26.1 Å². The lowest BCUT2D eigenvalue weighted by atomic mass is 10.2. The van der Waals surface area contributed by atoms with Gasteiger partial charge in [-0.1, -0.05) is 17.7 Å². The minimum Gasteiger partial charge on any atom is -0.506 e. The summed E-state index contributed by atoms with van der Waals surface area (Å²) >= 11 is 0. The summed E-state index contributed by atoms with van der Waals surface area (Å²) in [5.41, 5.74) is 0.479. The van der Waals surface area contributed by atoms with E-state index in [2.05, 4.69) is 4.74 Å². The molecule has 0 aromatic heterocycles. The number of sulfonamides is 1. The molecule has 0 unspecified atom stereocenters. The zero-order valence-corrected chi connectivity index (χ0v) is 10.3. The smallest absolute Gasteiger partial charge is 0.359 e. The average Bonchev–Trinajstić information content (AvgIpc) is 2.61. The lowest BCUT2D eigenvalue weighted by molar-refractivity contribution is -0.136. The third-order valence-electron chi connectivity index (χ3n) is 2.40. The number of esters is 1. The summed E-state index contributed by atoms with van der Waals surface area (Å²) in [6, 6.07) is 6.09. The molecule has 0 fully saturated rings. The maximum absolute atomic E-state index is 11.9. The van der Waals surface area contributed by atoms with Crippen molar-refractivity contribution >= 4 is 16.0 Å². The van der Waals surface area contributed by atoms with E-state index < -0.39 is 27.4 Å². The van der Waals surface area contributed by atoms with Crippen molar-refractivity contribution in [3.8, 4) is 0 Å². The van der Waals surface area contributed by atoms with Gasteiger partial charge in [-0.15, -0.1) is 0 Å². The molecule has 2 N–H and O–H groups in total. The molecule has 0 bridgehead atoms. The maximum Gasteiger partial charge on any atom is 0.359 e. The quantitative estimate of drug-likeness (QED) is 0.784. The molecule has 1 aliphatic heterocycles. The monoisotopic (exact) mass is 269 g/mol. The predicted octanol–water partition coefficient (Wildman–Crippen LogP) is 0.600. The van der Waals surface area contributed by atoms with Gasteiger partial charge in [-0.25, -0.2) is 13.2 Å². The molecule has 0 atom stereocenters. The Morgan fingerprint density at radius 1 is 1.28 bits per heavy atom. The van der Waals surface area contributed by atoms with Gasteiger partial charge in [0.2, 0.25) is 0 Å². The van der Waals surface area contributed by atoms with Crippen molar-refractivity contribution in [2.75, 3.05) is 6.61 Å². The molecule has 0 aliphatic carbocycles. The summed E-state index contributed by atoms with van der Waals surface area (Å²) in [5.74, 6) is -1.31. The number of aliphatic hydroxyl groups excluding tert-OH is 1. The van der Waals surface area contributed by atoms with Gasteiger partial charge >= 0.3 is 5.97 Å². The molecule has 0 amide bonds. The molecule has 0 spiro atoms. The lowest BCUT2D eigenvalue weighted by Crippen LogP contribution is -2.27. The van der Waals surface area contributed by atoms with E-state index >= 15 is 0 Å². The molecule has 0 radical (unpaired) electrons. The molecule has 1 heterocycles. The first-order valence-corrected chi connectivity index (χ1v) is 6.57. The number of rotatable bonds is 3. The van der Waals surface area contributed by atoms with Crippen molar-refractivity contribution in [1.82, 2.24) is 4.72 Å². The number of nitrogens with one attached hydrogen (secondary N) is 1.